The second-order valence-corrected chi connectivity index (χ2v) is 4.59. The molecular weight excluding hydrogens is 158 g/mol. The predicted octanol–water partition coefficient (Wildman–Crippen LogP) is 3.40. The molecule has 0 heterocycles. The summed E-state index contributed by atoms with van der Waals surface area (Å²) >= 11 is 0. The Labute approximate surface area is 84.5 Å². The molecule has 0 amide bonds. The van der Waals surface area contributed by atoms with Crippen molar-refractivity contribution in [1.29, 1.82) is 0 Å². The summed E-state index contributed by atoms with van der Waals surface area (Å²) in [7, 11) is 2.23. The van der Waals surface area contributed by atoms with Crippen molar-refractivity contribution < 1.29 is 0 Å². The molecule has 0 N–H and O–H groups in total. The zero-order chi connectivity index (χ0) is 10.4. The van der Waals surface area contributed by atoms with Crippen LogP contribution in [0.1, 0.15) is 47.5 Å². The molecule has 0 saturated heterocycles. The Morgan fingerprint density at radius 3 is 1.85 bits per heavy atom. The third kappa shape index (κ3) is 4.66. The van der Waals surface area contributed by atoms with E-state index in [9.17, 15) is 0 Å². The lowest BCUT2D eigenvalue weighted by Gasteiger charge is -2.29. The highest BCUT2D eigenvalue weighted by atomic mass is 15.1. The molecule has 0 spiro atoms. The third-order valence-corrected chi connectivity index (χ3v) is 3.38. The van der Waals surface area contributed by atoms with Gasteiger partial charge in [-0.25, -0.2) is 0 Å². The molecule has 0 bridgehead atoms. The van der Waals surface area contributed by atoms with Crippen LogP contribution in [0.3, 0.4) is 0 Å². The van der Waals surface area contributed by atoms with E-state index >= 15 is 0 Å². The van der Waals surface area contributed by atoms with Crippen molar-refractivity contribution in [2.45, 2.75) is 53.5 Å². The van der Waals surface area contributed by atoms with Crippen molar-refractivity contribution in [2.75, 3.05) is 13.6 Å². The van der Waals surface area contributed by atoms with Gasteiger partial charge in [0.25, 0.3) is 0 Å². The standard InChI is InChI=1S/C12H27N/c1-7-11(5)12(8-2)9-13(6)10(3)4/h10-12H,7-9H2,1-6H3. The average Bonchev–Trinajstić information content (AvgIpc) is 2.12. The lowest BCUT2D eigenvalue weighted by molar-refractivity contribution is 0.188. The van der Waals surface area contributed by atoms with Gasteiger partial charge in [0.1, 0.15) is 0 Å². The van der Waals surface area contributed by atoms with Crippen LogP contribution in [0.5, 0.6) is 0 Å². The molecule has 80 valence electrons. The molecular formula is C12H27N. The number of hydrogen-bond donors (Lipinski definition) is 0. The summed E-state index contributed by atoms with van der Waals surface area (Å²) in [5.74, 6) is 1.74. The smallest absolute Gasteiger partial charge is 0.00356 e. The fourth-order valence-electron chi connectivity index (χ4n) is 1.63. The Morgan fingerprint density at radius 1 is 1.00 bits per heavy atom. The molecule has 0 rings (SSSR count). The van der Waals surface area contributed by atoms with Gasteiger partial charge in [-0.1, -0.05) is 33.6 Å². The van der Waals surface area contributed by atoms with Gasteiger partial charge in [-0.15, -0.1) is 0 Å². The predicted molar refractivity (Wildman–Crippen MR) is 61.0 cm³/mol. The summed E-state index contributed by atoms with van der Waals surface area (Å²) in [6.45, 7) is 12.8. The minimum absolute atomic E-state index is 0.679. The van der Waals surface area contributed by atoms with E-state index in [0.717, 1.165) is 11.8 Å². The average molecular weight is 185 g/mol. The van der Waals surface area contributed by atoms with Crippen LogP contribution in [-0.4, -0.2) is 24.5 Å². The number of hydrogen-bond acceptors (Lipinski definition) is 1. The van der Waals surface area contributed by atoms with E-state index in [1.165, 1.54) is 19.4 Å². The van der Waals surface area contributed by atoms with Gasteiger partial charge in [0.2, 0.25) is 0 Å². The normalized spacial score (nSPS) is 16.6. The molecule has 1 nitrogen and oxygen atoms in total. The minimum atomic E-state index is 0.679. The summed E-state index contributed by atoms with van der Waals surface area (Å²) in [5, 5.41) is 0. The summed E-state index contributed by atoms with van der Waals surface area (Å²) < 4.78 is 0. The Kier molecular flexibility index (Phi) is 6.40. The molecule has 0 saturated carbocycles. The van der Waals surface area contributed by atoms with Crippen LogP contribution in [-0.2, 0) is 0 Å². The van der Waals surface area contributed by atoms with E-state index < -0.39 is 0 Å². The SMILES string of the molecule is CCC(C)C(CC)CN(C)C(C)C. The molecule has 0 aliphatic carbocycles. The summed E-state index contributed by atoms with van der Waals surface area (Å²) in [6.07, 6.45) is 2.62. The van der Waals surface area contributed by atoms with Gasteiger partial charge < -0.3 is 4.90 Å². The molecule has 1 heteroatoms. The zero-order valence-corrected chi connectivity index (χ0v) is 10.3. The van der Waals surface area contributed by atoms with Gasteiger partial charge in [-0.05, 0) is 32.7 Å². The molecule has 0 aliphatic rings. The van der Waals surface area contributed by atoms with Crippen molar-refractivity contribution >= 4 is 0 Å². The van der Waals surface area contributed by atoms with Crippen molar-refractivity contribution in [3.8, 4) is 0 Å². The highest BCUT2D eigenvalue weighted by molar-refractivity contribution is 4.69. The highest BCUT2D eigenvalue weighted by Gasteiger charge is 2.16. The highest BCUT2D eigenvalue weighted by Crippen LogP contribution is 2.20. The van der Waals surface area contributed by atoms with E-state index in [2.05, 4.69) is 46.6 Å². The van der Waals surface area contributed by atoms with Crippen LogP contribution in [0.15, 0.2) is 0 Å². The maximum absolute atomic E-state index is 2.46. The fraction of sp³-hybridized carbons (Fsp3) is 1.00. The lowest BCUT2D eigenvalue weighted by atomic mass is 9.89. The Morgan fingerprint density at radius 2 is 1.54 bits per heavy atom. The number of nitrogens with zero attached hydrogens (tertiary/aromatic N) is 1. The lowest BCUT2D eigenvalue weighted by Crippen LogP contribution is -2.33. The van der Waals surface area contributed by atoms with Gasteiger partial charge in [0.15, 0.2) is 0 Å². The molecule has 0 aromatic heterocycles. The quantitative estimate of drug-likeness (QED) is 0.613. The monoisotopic (exact) mass is 185 g/mol. The first kappa shape index (κ1) is 13.0. The van der Waals surface area contributed by atoms with Gasteiger partial charge >= 0.3 is 0 Å². The molecule has 2 atom stereocenters. The van der Waals surface area contributed by atoms with Gasteiger partial charge in [-0.3, -0.25) is 0 Å². The maximum Gasteiger partial charge on any atom is 0.00356 e. The Balaban J connectivity index is 3.97. The first-order chi connectivity index (χ1) is 6.02. The summed E-state index contributed by atoms with van der Waals surface area (Å²) in [6, 6.07) is 0.679. The van der Waals surface area contributed by atoms with Crippen LogP contribution < -0.4 is 0 Å². The number of rotatable bonds is 6. The van der Waals surface area contributed by atoms with Crippen molar-refractivity contribution in [2.24, 2.45) is 11.8 Å². The summed E-state index contributed by atoms with van der Waals surface area (Å²) in [5.41, 5.74) is 0. The maximum atomic E-state index is 2.46. The van der Waals surface area contributed by atoms with Crippen LogP contribution in [0, 0.1) is 11.8 Å². The van der Waals surface area contributed by atoms with Crippen LogP contribution in [0.2, 0.25) is 0 Å². The molecule has 2 unspecified atom stereocenters. The third-order valence-electron chi connectivity index (χ3n) is 3.38. The molecule has 0 fully saturated rings. The Hall–Kier alpha value is -0.0400. The van der Waals surface area contributed by atoms with Crippen LogP contribution >= 0.6 is 0 Å². The molecule has 0 aliphatic heterocycles. The first-order valence-corrected chi connectivity index (χ1v) is 5.73. The van der Waals surface area contributed by atoms with Crippen LogP contribution in [0.4, 0.5) is 0 Å². The largest absolute Gasteiger partial charge is 0.304 e. The van der Waals surface area contributed by atoms with E-state index in [-0.39, 0.29) is 0 Å². The van der Waals surface area contributed by atoms with E-state index in [1.807, 2.05) is 0 Å². The fourth-order valence-corrected chi connectivity index (χ4v) is 1.63. The van der Waals surface area contributed by atoms with E-state index in [1.54, 1.807) is 0 Å². The van der Waals surface area contributed by atoms with Crippen LogP contribution in [0.25, 0.3) is 0 Å². The van der Waals surface area contributed by atoms with Gasteiger partial charge in [0.05, 0.1) is 0 Å². The minimum Gasteiger partial charge on any atom is -0.304 e. The molecule has 0 aromatic rings. The Bertz CT molecular complexity index is 120. The van der Waals surface area contributed by atoms with Crippen molar-refractivity contribution in [1.82, 2.24) is 4.90 Å². The first-order valence-electron chi connectivity index (χ1n) is 5.73. The molecule has 0 aromatic carbocycles. The van der Waals surface area contributed by atoms with Crippen molar-refractivity contribution in [3.05, 3.63) is 0 Å². The second-order valence-electron chi connectivity index (χ2n) is 4.59. The van der Waals surface area contributed by atoms with Crippen molar-refractivity contribution in [3.63, 3.8) is 0 Å². The zero-order valence-electron chi connectivity index (χ0n) is 10.3. The van der Waals surface area contributed by atoms with Gasteiger partial charge in [-0.2, -0.15) is 0 Å². The van der Waals surface area contributed by atoms with E-state index in [0.29, 0.717) is 6.04 Å². The summed E-state index contributed by atoms with van der Waals surface area (Å²) in [4.78, 5) is 2.46. The molecule has 13 heavy (non-hydrogen) atoms. The van der Waals surface area contributed by atoms with E-state index in [4.69, 9.17) is 0 Å². The topological polar surface area (TPSA) is 3.24 Å². The molecule has 0 radical (unpaired) electrons. The van der Waals surface area contributed by atoms with Gasteiger partial charge in [0, 0.05) is 12.6 Å². The second kappa shape index (κ2) is 6.42.